The monoisotopic (exact) mass is 329 g/mol. The van der Waals surface area contributed by atoms with Crippen molar-refractivity contribution in [1.82, 2.24) is 25.2 Å². The van der Waals surface area contributed by atoms with E-state index in [1.807, 2.05) is 19.2 Å². The average molecular weight is 329 g/mol. The lowest BCUT2D eigenvalue weighted by molar-refractivity contribution is 0.563. The zero-order valence-corrected chi connectivity index (χ0v) is 13.8. The van der Waals surface area contributed by atoms with Crippen molar-refractivity contribution in [2.75, 3.05) is 0 Å². The predicted octanol–water partition coefficient (Wildman–Crippen LogP) is 1.15. The topological polar surface area (TPSA) is 99.8 Å². The number of rotatable bonds is 7. The minimum absolute atomic E-state index is 0.182. The molecule has 116 valence electrons. The number of aromatic amines is 1. The summed E-state index contributed by atoms with van der Waals surface area (Å²) in [7, 11) is -3.62. The Morgan fingerprint density at radius 3 is 2.76 bits per heavy atom. The van der Waals surface area contributed by atoms with Crippen molar-refractivity contribution in [1.29, 1.82) is 0 Å². The number of aryl methyl sites for hydroxylation is 1. The van der Waals surface area contributed by atoms with E-state index in [0.29, 0.717) is 17.9 Å². The third kappa shape index (κ3) is 4.10. The van der Waals surface area contributed by atoms with Crippen molar-refractivity contribution in [3.05, 3.63) is 28.0 Å². The van der Waals surface area contributed by atoms with Gasteiger partial charge in [-0.15, -0.1) is 11.3 Å². The van der Waals surface area contributed by atoms with Gasteiger partial charge in [0.15, 0.2) is 0 Å². The van der Waals surface area contributed by atoms with Gasteiger partial charge in [0.2, 0.25) is 10.0 Å². The molecule has 0 saturated carbocycles. The van der Waals surface area contributed by atoms with Crippen LogP contribution in [0.5, 0.6) is 0 Å². The van der Waals surface area contributed by atoms with E-state index in [2.05, 4.69) is 25.2 Å². The Morgan fingerprint density at radius 2 is 2.14 bits per heavy atom. The van der Waals surface area contributed by atoms with Crippen molar-refractivity contribution in [3.63, 3.8) is 0 Å². The Labute approximate surface area is 128 Å². The molecule has 21 heavy (non-hydrogen) atoms. The fourth-order valence-electron chi connectivity index (χ4n) is 1.82. The van der Waals surface area contributed by atoms with E-state index in [1.54, 1.807) is 13.1 Å². The summed E-state index contributed by atoms with van der Waals surface area (Å²) in [5.74, 6) is 0. The Morgan fingerprint density at radius 1 is 1.38 bits per heavy atom. The predicted molar refractivity (Wildman–Crippen MR) is 81.4 cm³/mol. The van der Waals surface area contributed by atoms with Gasteiger partial charge in [-0.05, 0) is 6.92 Å². The van der Waals surface area contributed by atoms with E-state index in [9.17, 15) is 8.42 Å². The molecule has 3 N–H and O–H groups in total. The molecule has 0 aliphatic rings. The first-order chi connectivity index (χ1) is 9.90. The molecule has 0 bridgehead atoms. The maximum atomic E-state index is 12.5. The molecule has 0 spiro atoms. The summed E-state index contributed by atoms with van der Waals surface area (Å²) in [6, 6.07) is 0.251. The summed E-state index contributed by atoms with van der Waals surface area (Å²) in [5.41, 5.74) is 1.02. The maximum Gasteiger partial charge on any atom is 0.244 e. The highest BCUT2D eigenvalue weighted by Crippen LogP contribution is 2.18. The van der Waals surface area contributed by atoms with Gasteiger partial charge in [0.05, 0.1) is 17.9 Å². The number of H-pyrrole nitrogens is 1. The molecule has 2 aromatic rings. The molecule has 0 fully saturated rings. The molecule has 2 rings (SSSR count). The van der Waals surface area contributed by atoms with Crippen molar-refractivity contribution >= 4 is 21.4 Å². The lowest BCUT2D eigenvalue weighted by Crippen LogP contribution is -2.27. The summed E-state index contributed by atoms with van der Waals surface area (Å²) in [4.78, 5) is 4.28. The fourth-order valence-corrected chi connectivity index (χ4v) is 3.81. The second kappa shape index (κ2) is 6.65. The van der Waals surface area contributed by atoms with Gasteiger partial charge in [-0.1, -0.05) is 13.8 Å². The number of thiazole rings is 1. The highest BCUT2D eigenvalue weighted by molar-refractivity contribution is 7.89. The van der Waals surface area contributed by atoms with Crippen LogP contribution in [0.15, 0.2) is 16.5 Å². The van der Waals surface area contributed by atoms with Gasteiger partial charge in [0, 0.05) is 24.2 Å². The zero-order valence-electron chi connectivity index (χ0n) is 12.2. The molecule has 0 aromatic carbocycles. The summed E-state index contributed by atoms with van der Waals surface area (Å²) >= 11 is 1.41. The Bertz CT molecular complexity index is 677. The van der Waals surface area contributed by atoms with Gasteiger partial charge in [-0.25, -0.2) is 18.1 Å². The molecule has 0 aliphatic carbocycles. The van der Waals surface area contributed by atoms with E-state index in [-0.39, 0.29) is 17.5 Å². The first-order valence-electron chi connectivity index (χ1n) is 6.55. The van der Waals surface area contributed by atoms with Crippen LogP contribution in [-0.4, -0.2) is 29.6 Å². The van der Waals surface area contributed by atoms with Gasteiger partial charge in [0.1, 0.15) is 9.90 Å². The normalized spacial score (nSPS) is 12.2. The number of sulfonamides is 1. The van der Waals surface area contributed by atoms with Crippen molar-refractivity contribution in [3.8, 4) is 0 Å². The lowest BCUT2D eigenvalue weighted by Gasteiger charge is -2.09. The second-order valence-corrected chi connectivity index (χ2v) is 7.59. The quantitative estimate of drug-likeness (QED) is 0.707. The van der Waals surface area contributed by atoms with Crippen molar-refractivity contribution < 1.29 is 8.42 Å². The molecule has 0 radical (unpaired) electrons. The van der Waals surface area contributed by atoms with E-state index in [4.69, 9.17) is 0 Å². The molecule has 0 unspecified atom stereocenters. The van der Waals surface area contributed by atoms with Crippen LogP contribution in [0.3, 0.4) is 0 Å². The minimum Gasteiger partial charge on any atom is -0.309 e. The first-order valence-corrected chi connectivity index (χ1v) is 8.91. The van der Waals surface area contributed by atoms with E-state index in [0.717, 1.165) is 5.01 Å². The first kappa shape index (κ1) is 16.1. The molecule has 0 aliphatic heterocycles. The highest BCUT2D eigenvalue weighted by atomic mass is 32.2. The summed E-state index contributed by atoms with van der Waals surface area (Å²) < 4.78 is 27.5. The number of aromatic nitrogens is 3. The Hall–Kier alpha value is -1.29. The van der Waals surface area contributed by atoms with Crippen LogP contribution < -0.4 is 10.0 Å². The number of hydrogen-bond acceptors (Lipinski definition) is 6. The highest BCUT2D eigenvalue weighted by Gasteiger charge is 2.24. The van der Waals surface area contributed by atoms with Crippen molar-refractivity contribution in [2.24, 2.45) is 0 Å². The van der Waals surface area contributed by atoms with Crippen LogP contribution in [0.1, 0.15) is 30.2 Å². The van der Waals surface area contributed by atoms with Crippen LogP contribution in [0.25, 0.3) is 0 Å². The largest absolute Gasteiger partial charge is 0.309 e. The number of nitrogens with zero attached hydrogens (tertiary/aromatic N) is 2. The molecular weight excluding hydrogens is 310 g/mol. The molecule has 0 amide bonds. The van der Waals surface area contributed by atoms with E-state index < -0.39 is 10.0 Å². The molecule has 2 heterocycles. The maximum absolute atomic E-state index is 12.5. The van der Waals surface area contributed by atoms with Crippen molar-refractivity contribution in [2.45, 2.75) is 44.8 Å². The summed E-state index contributed by atoms with van der Waals surface area (Å²) in [6.07, 6.45) is 1.65. The zero-order chi connectivity index (χ0) is 15.5. The van der Waals surface area contributed by atoms with Crippen LogP contribution in [0, 0.1) is 6.92 Å². The summed E-state index contributed by atoms with van der Waals surface area (Å²) in [5, 5.41) is 12.5. The Kier molecular flexibility index (Phi) is 5.09. The van der Waals surface area contributed by atoms with Crippen LogP contribution in [0.4, 0.5) is 0 Å². The van der Waals surface area contributed by atoms with E-state index in [1.165, 1.54) is 11.3 Å². The molecule has 2 aromatic heterocycles. The SMILES string of the molecule is Cc1[nH]nc(CNC(C)C)c1S(=O)(=O)NCc1nccs1. The second-order valence-electron chi connectivity index (χ2n) is 4.91. The smallest absolute Gasteiger partial charge is 0.244 e. The molecule has 7 nitrogen and oxygen atoms in total. The third-order valence-corrected chi connectivity index (χ3v) is 5.19. The van der Waals surface area contributed by atoms with E-state index >= 15 is 0 Å². The number of nitrogens with one attached hydrogen (secondary N) is 3. The molecular formula is C12H19N5O2S2. The molecule has 0 atom stereocenters. The van der Waals surface area contributed by atoms with Crippen LogP contribution >= 0.6 is 11.3 Å². The Balaban J connectivity index is 2.16. The van der Waals surface area contributed by atoms with Gasteiger partial charge in [0.25, 0.3) is 0 Å². The van der Waals surface area contributed by atoms with Gasteiger partial charge < -0.3 is 5.32 Å². The fraction of sp³-hybridized carbons (Fsp3) is 0.500. The van der Waals surface area contributed by atoms with Crippen LogP contribution in [-0.2, 0) is 23.1 Å². The lowest BCUT2D eigenvalue weighted by atomic mass is 10.3. The van der Waals surface area contributed by atoms with Crippen LogP contribution in [0.2, 0.25) is 0 Å². The summed E-state index contributed by atoms with van der Waals surface area (Å²) in [6.45, 7) is 6.27. The van der Waals surface area contributed by atoms with Gasteiger partial charge in [-0.3, -0.25) is 5.10 Å². The standard InChI is InChI=1S/C12H19N5O2S2/c1-8(2)14-6-10-12(9(3)16-17-10)21(18,19)15-7-11-13-4-5-20-11/h4-5,8,14-15H,6-7H2,1-3H3,(H,16,17). The van der Waals surface area contributed by atoms with Gasteiger partial charge in [-0.2, -0.15) is 5.10 Å². The molecule has 9 heteroatoms. The number of hydrogen-bond donors (Lipinski definition) is 3. The van der Waals surface area contributed by atoms with Gasteiger partial charge >= 0.3 is 0 Å². The average Bonchev–Trinajstić information content (AvgIpc) is 3.03. The minimum atomic E-state index is -3.62. The molecule has 0 saturated heterocycles. The third-order valence-electron chi connectivity index (χ3n) is 2.80.